The summed E-state index contributed by atoms with van der Waals surface area (Å²) in [5.74, 6) is 1.58. The molecule has 63 heavy (non-hydrogen) atoms. The minimum Gasteiger partial charge on any atom is -0.491 e. The number of ether oxygens (including phenoxy) is 4. The summed E-state index contributed by atoms with van der Waals surface area (Å²) in [4.78, 5) is 21.1. The summed E-state index contributed by atoms with van der Waals surface area (Å²) in [5.41, 5.74) is 14.9. The molecule has 7 rings (SSSR count). The molecule has 0 fully saturated rings. The topological polar surface area (TPSA) is 111 Å². The quantitative estimate of drug-likeness (QED) is 0.0465. The van der Waals surface area contributed by atoms with Crippen LogP contribution in [-0.2, 0) is 9.47 Å². The van der Waals surface area contributed by atoms with Crippen LogP contribution in [0.1, 0.15) is 75.8 Å². The molecule has 0 atom stereocenters. The fourth-order valence-electron chi connectivity index (χ4n) is 6.11. The van der Waals surface area contributed by atoms with Crippen LogP contribution in [0, 0.1) is 27.7 Å². The van der Waals surface area contributed by atoms with E-state index in [9.17, 15) is 0 Å². The van der Waals surface area contributed by atoms with Crippen LogP contribution >= 0.6 is 34.0 Å². The van der Waals surface area contributed by atoms with Gasteiger partial charge >= 0.3 is 0 Å². The fraction of sp³-hybridized carbons (Fsp3) is 0.373. The molecule has 0 saturated carbocycles. The molecule has 0 amide bonds. The second kappa shape index (κ2) is 23.0. The van der Waals surface area contributed by atoms with Crippen LogP contribution in [0.2, 0.25) is 0 Å². The summed E-state index contributed by atoms with van der Waals surface area (Å²) in [6.07, 6.45) is 0.935. The van der Waals surface area contributed by atoms with Gasteiger partial charge in [-0.25, -0.2) is 9.97 Å². The highest BCUT2D eigenvalue weighted by atomic mass is 32.1. The summed E-state index contributed by atoms with van der Waals surface area (Å²) in [6, 6.07) is 33.5. The molecule has 0 saturated heterocycles. The largest absolute Gasteiger partial charge is 0.491 e. The normalized spacial score (nSPS) is 11.3. The van der Waals surface area contributed by atoms with Gasteiger partial charge in [-0.05, 0) is 171 Å². The summed E-state index contributed by atoms with van der Waals surface area (Å²) in [5, 5.41) is 3.27. The lowest BCUT2D eigenvalue weighted by molar-refractivity contribution is -0.0165. The molecule has 9 nitrogen and oxygen atoms in total. The van der Waals surface area contributed by atoms with Gasteiger partial charge in [-0.3, -0.25) is 0 Å². The maximum Gasteiger partial charge on any atom is 0.119 e. The van der Waals surface area contributed by atoms with Gasteiger partial charge in [0.05, 0.1) is 46.8 Å². The lowest BCUT2D eigenvalue weighted by atomic mass is 10.0. The first-order valence-corrected chi connectivity index (χ1v) is 23.7. The highest BCUT2D eigenvalue weighted by Crippen LogP contribution is 2.40. The van der Waals surface area contributed by atoms with Crippen molar-refractivity contribution >= 4 is 45.0 Å². The molecule has 0 bridgehead atoms. The number of azide groups is 1. The van der Waals surface area contributed by atoms with Gasteiger partial charge in [-0.15, -0.1) is 34.0 Å². The van der Waals surface area contributed by atoms with Crippen LogP contribution in [0.15, 0.2) is 102 Å². The van der Waals surface area contributed by atoms with Crippen LogP contribution in [0.25, 0.3) is 63.5 Å². The Morgan fingerprint density at radius 2 is 0.905 bits per heavy atom. The predicted molar refractivity (Wildman–Crippen MR) is 267 cm³/mol. The highest BCUT2D eigenvalue weighted by molar-refractivity contribution is 7.26. The van der Waals surface area contributed by atoms with Crippen LogP contribution < -0.4 is 9.47 Å². The molecule has 12 heteroatoms. The fourth-order valence-corrected chi connectivity index (χ4v) is 9.03. The molecule has 0 N–H and O–H groups in total. The SMILES string of the molecule is CCCN=[N+]=[N-].Cc1ccc(-c2ccc(-c3ccc(C)s3)s2)s1.Cc1ccc(C)c2nc(-c3ccc(OCCOC(C)(C)C)cc3)c(-c3ccc(OCCOC(C)(C)C)cc3)nc12. The average molecular weight is 904 g/mol. The molecular formula is C51H61N5O4S3. The molecule has 332 valence electrons. The Morgan fingerprint density at radius 3 is 1.22 bits per heavy atom. The Hall–Kier alpha value is -5.07. The maximum absolute atomic E-state index is 7.66. The van der Waals surface area contributed by atoms with Crippen molar-refractivity contribution in [3.05, 3.63) is 128 Å². The molecule has 4 aromatic heterocycles. The molecular weight excluding hydrogens is 843 g/mol. The van der Waals surface area contributed by atoms with Gasteiger partial charge in [0.2, 0.25) is 0 Å². The van der Waals surface area contributed by atoms with E-state index in [-0.39, 0.29) is 11.2 Å². The minimum atomic E-state index is -0.181. The first-order chi connectivity index (χ1) is 30.0. The van der Waals surface area contributed by atoms with E-state index in [1.54, 1.807) is 0 Å². The zero-order valence-corrected chi connectivity index (χ0v) is 41.0. The highest BCUT2D eigenvalue weighted by Gasteiger charge is 2.17. The second-order valence-corrected chi connectivity index (χ2v) is 20.6. The molecule has 0 spiro atoms. The number of aryl methyl sites for hydroxylation is 4. The van der Waals surface area contributed by atoms with Crippen molar-refractivity contribution in [3.8, 4) is 53.5 Å². The minimum absolute atomic E-state index is 0.181. The third-order valence-corrected chi connectivity index (χ3v) is 12.7. The van der Waals surface area contributed by atoms with Crippen molar-refractivity contribution in [3.63, 3.8) is 0 Å². The summed E-state index contributed by atoms with van der Waals surface area (Å²) < 4.78 is 23.3. The first kappa shape index (κ1) is 49.0. The van der Waals surface area contributed by atoms with Crippen molar-refractivity contribution in [2.24, 2.45) is 5.11 Å². The molecule has 0 unspecified atom stereocenters. The molecule has 0 aliphatic heterocycles. The molecule has 0 aliphatic carbocycles. The lowest BCUT2D eigenvalue weighted by Gasteiger charge is -2.19. The number of rotatable bonds is 14. The summed E-state index contributed by atoms with van der Waals surface area (Å²) >= 11 is 5.62. The van der Waals surface area contributed by atoms with Crippen LogP contribution in [-0.4, -0.2) is 54.1 Å². The van der Waals surface area contributed by atoms with Crippen LogP contribution in [0.5, 0.6) is 11.5 Å². The number of hydrogen-bond donors (Lipinski definition) is 0. The summed E-state index contributed by atoms with van der Waals surface area (Å²) in [7, 11) is 0. The summed E-state index contributed by atoms with van der Waals surface area (Å²) in [6.45, 7) is 25.3. The van der Waals surface area contributed by atoms with Gasteiger partial charge in [0, 0.05) is 51.8 Å². The van der Waals surface area contributed by atoms with E-state index >= 15 is 0 Å². The predicted octanol–water partition coefficient (Wildman–Crippen LogP) is 15.5. The molecule has 0 aliphatic rings. The van der Waals surface area contributed by atoms with E-state index in [0.717, 1.165) is 62.6 Å². The van der Waals surface area contributed by atoms with Crippen molar-refractivity contribution in [1.82, 2.24) is 9.97 Å². The third-order valence-electron chi connectivity index (χ3n) is 9.22. The van der Waals surface area contributed by atoms with Gasteiger partial charge in [0.1, 0.15) is 24.7 Å². The smallest absolute Gasteiger partial charge is 0.119 e. The molecule has 4 heterocycles. The standard InChI is InChI=1S/C34H42N2O4.C14H12S3.C3H7N3/c1-23-9-10-24(2)30-29(23)35-31(25-11-15-27(16-12-25)37-19-21-39-33(3,4)5)32(36-30)26-13-17-28(18-14-26)38-20-22-40-34(6,7)8;1-9-3-5-11(15-9)13-7-8-14(17-13)12-6-4-10(2)16-12;1-2-3-5-6-4/h9-18H,19-22H2,1-8H3;3-8H,1-2H3;2-3H2,1H3. The zero-order valence-electron chi connectivity index (χ0n) is 38.6. The Morgan fingerprint density at radius 1 is 0.524 bits per heavy atom. The number of aromatic nitrogens is 2. The lowest BCUT2D eigenvalue weighted by Crippen LogP contribution is -2.22. The van der Waals surface area contributed by atoms with Crippen molar-refractivity contribution in [1.29, 1.82) is 0 Å². The van der Waals surface area contributed by atoms with E-state index in [0.29, 0.717) is 33.0 Å². The first-order valence-electron chi connectivity index (χ1n) is 21.3. The Kier molecular flexibility index (Phi) is 17.9. The number of hydrogen-bond acceptors (Lipinski definition) is 10. The zero-order chi connectivity index (χ0) is 45.6. The van der Waals surface area contributed by atoms with Crippen molar-refractivity contribution in [2.45, 2.75) is 93.8 Å². The van der Waals surface area contributed by atoms with Gasteiger partial charge in [0.25, 0.3) is 0 Å². The number of nitrogens with zero attached hydrogens (tertiary/aromatic N) is 5. The van der Waals surface area contributed by atoms with Crippen molar-refractivity contribution < 1.29 is 18.9 Å². The van der Waals surface area contributed by atoms with Gasteiger partial charge in [-0.1, -0.05) is 30.6 Å². The van der Waals surface area contributed by atoms with E-state index in [4.69, 9.17) is 34.4 Å². The molecule has 7 aromatic rings. The Bertz CT molecular complexity index is 2390. The van der Waals surface area contributed by atoms with E-state index in [2.05, 4.69) is 86.3 Å². The van der Waals surface area contributed by atoms with Gasteiger partial charge < -0.3 is 18.9 Å². The van der Waals surface area contributed by atoms with E-state index in [1.165, 1.54) is 29.3 Å². The Balaban J connectivity index is 0.000000265. The Labute approximate surface area is 385 Å². The average Bonchev–Trinajstić information content (AvgIpc) is 4.03. The second-order valence-electron chi connectivity index (χ2n) is 16.9. The molecule has 3 aromatic carbocycles. The van der Waals surface area contributed by atoms with Gasteiger partial charge in [0.15, 0.2) is 0 Å². The van der Waals surface area contributed by atoms with E-state index in [1.807, 2.05) is 131 Å². The van der Waals surface area contributed by atoms with E-state index < -0.39 is 0 Å². The van der Waals surface area contributed by atoms with Crippen LogP contribution in [0.3, 0.4) is 0 Å². The van der Waals surface area contributed by atoms with Crippen molar-refractivity contribution in [2.75, 3.05) is 33.0 Å². The van der Waals surface area contributed by atoms with Gasteiger partial charge in [-0.2, -0.15) is 0 Å². The molecule has 0 radical (unpaired) electrons. The van der Waals surface area contributed by atoms with Crippen LogP contribution in [0.4, 0.5) is 0 Å². The number of benzene rings is 3. The number of thiophene rings is 3. The number of fused-ring (bicyclic) bond motifs is 1. The maximum atomic E-state index is 7.66. The monoisotopic (exact) mass is 903 g/mol. The third kappa shape index (κ3) is 15.3.